The van der Waals surface area contributed by atoms with Gasteiger partial charge in [0.15, 0.2) is 0 Å². The number of halogens is 2. The summed E-state index contributed by atoms with van der Waals surface area (Å²) in [6.07, 6.45) is 3.53. The fraction of sp³-hybridized carbons (Fsp3) is 0.116. The molecule has 47 heavy (non-hydrogen) atoms. The van der Waals surface area contributed by atoms with Crippen molar-refractivity contribution in [2.24, 2.45) is 5.92 Å². The standard InChI is InChI=1S/C31H27.C12H9Si.2ClH.Zr/c1-3-22(2)26-20-25-18-19-28(24-14-8-5-9-15-24)31(30(25)21-26)29-17-11-10-16-27(29)23-12-6-4-7-13-23;1-3-7-11-9(5-1)10-6-2-4-8-12(10)13-11;;;/h4-22H,3H2,1-2H3;1-7H,13H2;2*1H;/q;;;;+2/p-2. The number of hydrogen-bond donors (Lipinski definition) is 0. The molecule has 0 fully saturated rings. The SMILES string of the molecule is CCC(C)C1=Cc2c(ccc(-c3ccccc3)c2-c2ccccc2-c2ccccc2)[CH]1[Zr]([Cl])([Cl])[c]1cccc2c1[SiH2]c1ccccc1-2. The first-order valence-electron chi connectivity index (χ1n) is 16.6. The molecule has 1 aliphatic heterocycles. The molecular weight excluding hydrogens is 707 g/mol. The Kier molecular flexibility index (Phi) is 8.35. The van der Waals surface area contributed by atoms with Crippen LogP contribution < -0.4 is 13.6 Å². The second kappa shape index (κ2) is 12.6. The number of fused-ring (bicyclic) bond motifs is 4. The Morgan fingerprint density at radius 2 is 1.21 bits per heavy atom. The fourth-order valence-electron chi connectivity index (χ4n) is 7.88. The first kappa shape index (κ1) is 31.0. The van der Waals surface area contributed by atoms with E-state index in [2.05, 4.69) is 159 Å². The molecule has 2 aliphatic rings. The van der Waals surface area contributed by atoms with Crippen LogP contribution in [0, 0.1) is 5.92 Å². The van der Waals surface area contributed by atoms with Crippen molar-refractivity contribution in [3.05, 3.63) is 156 Å². The molecule has 8 rings (SSSR count). The molecular formula is C43H36Cl2SiZr. The van der Waals surface area contributed by atoms with Gasteiger partial charge >= 0.3 is 295 Å². The average molecular weight is 743 g/mol. The summed E-state index contributed by atoms with van der Waals surface area (Å²) < 4.78 is 1.32. The molecule has 230 valence electrons. The zero-order valence-corrected chi connectivity index (χ0v) is 32.1. The first-order valence-corrected chi connectivity index (χ1v) is 27.0. The second-order valence-corrected chi connectivity index (χ2v) is 28.8. The van der Waals surface area contributed by atoms with Crippen molar-refractivity contribution in [2.75, 3.05) is 0 Å². The Hall–Kier alpha value is -3.26. The van der Waals surface area contributed by atoms with Gasteiger partial charge in [-0.15, -0.1) is 0 Å². The zero-order chi connectivity index (χ0) is 32.1. The van der Waals surface area contributed by atoms with Crippen LogP contribution in [-0.4, -0.2) is 9.52 Å². The third kappa shape index (κ3) is 5.30. The van der Waals surface area contributed by atoms with Crippen molar-refractivity contribution in [3.63, 3.8) is 0 Å². The third-order valence-corrected chi connectivity index (χ3v) is 24.6. The van der Waals surface area contributed by atoms with Crippen molar-refractivity contribution in [2.45, 2.75) is 23.9 Å². The van der Waals surface area contributed by atoms with Gasteiger partial charge in [0.05, 0.1) is 0 Å². The Bertz CT molecular complexity index is 2150. The van der Waals surface area contributed by atoms with Crippen LogP contribution in [0.4, 0.5) is 0 Å². The van der Waals surface area contributed by atoms with Gasteiger partial charge in [-0.2, -0.15) is 0 Å². The minimum absolute atomic E-state index is 0.0363. The number of benzene rings is 6. The molecule has 0 amide bonds. The quantitative estimate of drug-likeness (QED) is 0.143. The molecule has 6 aromatic carbocycles. The molecule has 6 aromatic rings. The third-order valence-electron chi connectivity index (χ3n) is 10.4. The monoisotopic (exact) mass is 740 g/mol. The van der Waals surface area contributed by atoms with Crippen molar-refractivity contribution in [1.82, 2.24) is 0 Å². The summed E-state index contributed by atoms with van der Waals surface area (Å²) in [4.78, 5) is 0. The van der Waals surface area contributed by atoms with E-state index in [1.807, 2.05) is 0 Å². The Labute approximate surface area is 292 Å². The second-order valence-electron chi connectivity index (χ2n) is 12.9. The molecule has 0 bridgehead atoms. The van der Waals surface area contributed by atoms with Crippen LogP contribution in [0.2, 0.25) is 0 Å². The molecule has 2 unspecified atom stereocenters. The van der Waals surface area contributed by atoms with E-state index in [4.69, 9.17) is 17.0 Å². The van der Waals surface area contributed by atoms with Crippen molar-refractivity contribution in [3.8, 4) is 44.5 Å². The Balaban J connectivity index is 1.38. The summed E-state index contributed by atoms with van der Waals surface area (Å²) in [5.74, 6) is 0.365. The first-order chi connectivity index (χ1) is 23.0. The molecule has 0 aromatic heterocycles. The van der Waals surface area contributed by atoms with Crippen molar-refractivity contribution in [1.29, 1.82) is 0 Å². The predicted octanol–water partition coefficient (Wildman–Crippen LogP) is 10.1. The van der Waals surface area contributed by atoms with Crippen LogP contribution in [0.1, 0.15) is 35.0 Å². The van der Waals surface area contributed by atoms with Crippen LogP contribution in [0.3, 0.4) is 0 Å². The normalized spacial score (nSPS) is 16.0. The molecule has 1 heterocycles. The van der Waals surface area contributed by atoms with Gasteiger partial charge in [0.1, 0.15) is 0 Å². The molecule has 0 nitrogen and oxygen atoms in total. The van der Waals surface area contributed by atoms with E-state index in [1.54, 1.807) is 0 Å². The van der Waals surface area contributed by atoms with Gasteiger partial charge in [0.25, 0.3) is 0 Å². The van der Waals surface area contributed by atoms with Crippen LogP contribution >= 0.6 is 17.0 Å². The van der Waals surface area contributed by atoms with Crippen LogP contribution in [-0.2, 0) is 17.9 Å². The molecule has 0 saturated heterocycles. The van der Waals surface area contributed by atoms with E-state index < -0.39 is 27.4 Å². The average Bonchev–Trinajstić information content (AvgIpc) is 3.71. The van der Waals surface area contributed by atoms with Crippen LogP contribution in [0.25, 0.3) is 50.6 Å². The summed E-state index contributed by atoms with van der Waals surface area (Å²) in [5, 5.41) is 2.98. The number of allylic oxidation sites excluding steroid dienone is 1. The molecule has 0 N–H and O–H groups in total. The minimum atomic E-state index is -4.14. The summed E-state index contributed by atoms with van der Waals surface area (Å²) in [6.45, 7) is 4.64. The van der Waals surface area contributed by atoms with E-state index >= 15 is 0 Å². The number of hydrogen-bond acceptors (Lipinski definition) is 0. The zero-order valence-electron chi connectivity index (χ0n) is 26.7. The molecule has 0 spiro atoms. The van der Waals surface area contributed by atoms with Gasteiger partial charge in [-0.25, -0.2) is 0 Å². The van der Waals surface area contributed by atoms with Gasteiger partial charge in [-0.1, -0.05) is 0 Å². The van der Waals surface area contributed by atoms with Crippen molar-refractivity contribution >= 4 is 46.3 Å². The van der Waals surface area contributed by atoms with Gasteiger partial charge in [0, 0.05) is 0 Å². The molecule has 1 aliphatic carbocycles. The topological polar surface area (TPSA) is 0 Å². The fourth-order valence-corrected chi connectivity index (χ4v) is 24.8. The van der Waals surface area contributed by atoms with Crippen molar-refractivity contribution < 1.29 is 17.9 Å². The van der Waals surface area contributed by atoms with Crippen LogP contribution in [0.5, 0.6) is 0 Å². The molecule has 0 radical (unpaired) electrons. The Morgan fingerprint density at radius 1 is 0.617 bits per heavy atom. The molecule has 0 saturated carbocycles. The van der Waals surface area contributed by atoms with Crippen LogP contribution in [0.15, 0.2) is 145 Å². The van der Waals surface area contributed by atoms with E-state index in [-0.39, 0.29) is 3.63 Å². The van der Waals surface area contributed by atoms with E-state index in [0.717, 1.165) is 6.42 Å². The summed E-state index contributed by atoms with van der Waals surface area (Å²) >= 11 is -4.14. The van der Waals surface area contributed by atoms with Gasteiger partial charge in [-0.3, -0.25) is 0 Å². The summed E-state index contributed by atoms with van der Waals surface area (Å²) in [7, 11) is 15.4. The maximum absolute atomic E-state index is 8.06. The Morgan fingerprint density at radius 3 is 1.91 bits per heavy atom. The summed E-state index contributed by atoms with van der Waals surface area (Å²) in [5.41, 5.74) is 14.1. The van der Waals surface area contributed by atoms with E-state index in [0.29, 0.717) is 5.92 Å². The van der Waals surface area contributed by atoms with E-state index in [9.17, 15) is 0 Å². The number of rotatable bonds is 7. The van der Waals surface area contributed by atoms with Gasteiger partial charge in [0.2, 0.25) is 0 Å². The molecule has 4 heteroatoms. The summed E-state index contributed by atoms with van der Waals surface area (Å²) in [6, 6.07) is 50.8. The van der Waals surface area contributed by atoms with Gasteiger partial charge < -0.3 is 0 Å². The molecule has 2 atom stereocenters. The predicted molar refractivity (Wildman–Crippen MR) is 204 cm³/mol. The maximum atomic E-state index is 8.06. The van der Waals surface area contributed by atoms with E-state index in [1.165, 1.54) is 74.9 Å². The van der Waals surface area contributed by atoms with Gasteiger partial charge in [-0.05, 0) is 0 Å².